The number of nitrogens with one attached hydrogen (secondary N) is 1. The molecule has 0 amide bonds. The van der Waals surface area contributed by atoms with Gasteiger partial charge in [-0.05, 0) is 72.1 Å². The number of aliphatic hydroxyl groups excluding tert-OH is 1. The fourth-order valence-electron chi connectivity index (χ4n) is 4.27. The molecule has 7 heteroatoms. The van der Waals surface area contributed by atoms with Crippen molar-refractivity contribution in [1.82, 2.24) is 9.97 Å². The van der Waals surface area contributed by atoms with E-state index in [0.717, 1.165) is 37.1 Å². The van der Waals surface area contributed by atoms with Crippen LogP contribution < -0.4 is 10.1 Å². The largest absolute Gasteiger partial charge is 0.470 e. The van der Waals surface area contributed by atoms with Crippen LogP contribution >= 0.6 is 0 Å². The summed E-state index contributed by atoms with van der Waals surface area (Å²) in [4.78, 5) is 21.0. The molecule has 3 rings (SSSR count). The van der Waals surface area contributed by atoms with Gasteiger partial charge >= 0.3 is 5.97 Å². The second-order valence-electron chi connectivity index (χ2n) is 9.07. The molecule has 0 aromatic carbocycles. The number of nitrogens with zero attached hydrogens (tertiary/aromatic N) is 2. The van der Waals surface area contributed by atoms with Crippen LogP contribution in [-0.2, 0) is 9.53 Å². The van der Waals surface area contributed by atoms with Crippen molar-refractivity contribution in [1.29, 1.82) is 1.43 Å². The Morgan fingerprint density at radius 3 is 2.82 bits per heavy atom. The lowest BCUT2D eigenvalue weighted by atomic mass is 9.96. The number of ether oxygens (including phenoxy) is 2. The number of fused-ring (bicyclic) bond motifs is 2. The van der Waals surface area contributed by atoms with E-state index in [9.17, 15) is 4.79 Å². The predicted molar refractivity (Wildman–Crippen MR) is 106 cm³/mol. The number of carbonyl (C=O) groups excluding carboxylic acids is 1. The number of aliphatic hydroxyl groups is 1. The third-order valence-electron chi connectivity index (χ3n) is 5.71. The smallest absolute Gasteiger partial charge is 0.311 e. The summed E-state index contributed by atoms with van der Waals surface area (Å²) in [6.07, 6.45) is 3.52. The second kappa shape index (κ2) is 8.23. The monoisotopic (exact) mass is 393 g/mol. The quantitative estimate of drug-likeness (QED) is 0.543. The summed E-state index contributed by atoms with van der Waals surface area (Å²) in [6.45, 7) is 10.3. The van der Waals surface area contributed by atoms with Gasteiger partial charge in [0.2, 0.25) is 7.31 Å². The Morgan fingerprint density at radius 1 is 1.32 bits per heavy atom. The molecule has 0 spiro atoms. The molecule has 1 saturated carbocycles. The fraction of sp³-hybridized carbons (Fsp3) is 0.762. The zero-order valence-electron chi connectivity index (χ0n) is 18.6. The molecule has 0 bridgehead atoms. The predicted octanol–water partition coefficient (Wildman–Crippen LogP) is 3.02. The number of carbonyl (C=O) groups is 1. The van der Waals surface area contributed by atoms with Gasteiger partial charge in [0.15, 0.2) is 0 Å². The average molecular weight is 394 g/mol. The van der Waals surface area contributed by atoms with E-state index in [-0.39, 0.29) is 18.1 Å². The lowest BCUT2D eigenvalue weighted by Crippen LogP contribution is -2.44. The van der Waals surface area contributed by atoms with Crippen molar-refractivity contribution in [2.75, 3.05) is 18.5 Å². The maximum absolute atomic E-state index is 12.1. The number of hydrogen-bond donors (Lipinski definition) is 2. The van der Waals surface area contributed by atoms with Crippen LogP contribution in [0, 0.1) is 31.1 Å². The standard InChI is InChI=1S/C21H33N3O4/c1-12-16-19(23-13(2)22-12)28-18-15(7-6-9-25)11-14(17(18)24-16)8-10-27-20(26)21(3,4)5/h14-15,17-18,24-25H,6-11H2,1-5H3/t14-,15-,17+,18-/m0/s1/i25T. The van der Waals surface area contributed by atoms with E-state index in [4.69, 9.17) is 10.9 Å². The number of anilines is 1. The van der Waals surface area contributed by atoms with E-state index in [1.54, 1.807) is 0 Å². The molecule has 1 aliphatic heterocycles. The molecule has 7 nitrogen and oxygen atoms in total. The molecular formula is C21H33N3O4. The van der Waals surface area contributed by atoms with E-state index in [1.165, 1.54) is 0 Å². The first-order valence-electron chi connectivity index (χ1n) is 10.6. The highest BCUT2D eigenvalue weighted by Crippen LogP contribution is 2.45. The Hall–Kier alpha value is -1.89. The van der Waals surface area contributed by atoms with E-state index < -0.39 is 5.41 Å². The van der Waals surface area contributed by atoms with E-state index >= 15 is 0 Å². The Balaban J connectivity index is 1.71. The van der Waals surface area contributed by atoms with Gasteiger partial charge in [0, 0.05) is 6.61 Å². The summed E-state index contributed by atoms with van der Waals surface area (Å²) in [5, 5.41) is 8.13. The first kappa shape index (κ1) is 19.4. The van der Waals surface area contributed by atoms with Gasteiger partial charge in [0.1, 0.15) is 17.6 Å². The van der Waals surface area contributed by atoms with Gasteiger partial charge in [-0.1, -0.05) is 0 Å². The fourth-order valence-corrected chi connectivity index (χ4v) is 4.27. The molecule has 1 fully saturated rings. The Bertz CT molecular complexity index is 737. The van der Waals surface area contributed by atoms with Gasteiger partial charge in [-0.2, -0.15) is 4.98 Å². The van der Waals surface area contributed by atoms with Crippen LogP contribution in [0.5, 0.6) is 5.88 Å². The Morgan fingerprint density at radius 2 is 2.11 bits per heavy atom. The third kappa shape index (κ3) is 4.40. The van der Waals surface area contributed by atoms with Gasteiger partial charge in [0.25, 0.3) is 0 Å². The number of aryl methyl sites for hydroxylation is 2. The minimum Gasteiger partial charge on any atom is -0.470 e. The lowest BCUT2D eigenvalue weighted by Gasteiger charge is -2.35. The molecule has 1 aromatic heterocycles. The molecule has 1 aromatic rings. The molecule has 28 heavy (non-hydrogen) atoms. The average Bonchev–Trinajstić information content (AvgIpc) is 2.96. The first-order chi connectivity index (χ1) is 13.7. The molecular weight excluding hydrogens is 358 g/mol. The van der Waals surface area contributed by atoms with Crippen LogP contribution in [0.1, 0.15) is 58.0 Å². The van der Waals surface area contributed by atoms with Crippen molar-refractivity contribution in [2.45, 2.75) is 72.4 Å². The summed E-state index contributed by atoms with van der Waals surface area (Å²) in [7, 11) is 0. The van der Waals surface area contributed by atoms with E-state index in [2.05, 4.69) is 20.4 Å². The molecule has 2 aliphatic rings. The van der Waals surface area contributed by atoms with Crippen LogP contribution in [0.3, 0.4) is 0 Å². The van der Waals surface area contributed by atoms with Crippen LogP contribution in [0.15, 0.2) is 0 Å². The maximum Gasteiger partial charge on any atom is 0.311 e. The van der Waals surface area contributed by atoms with Crippen molar-refractivity contribution in [3.05, 3.63) is 11.5 Å². The summed E-state index contributed by atoms with van der Waals surface area (Å²) in [6, 6.07) is 0.128. The normalized spacial score (nSPS) is 26.5. The van der Waals surface area contributed by atoms with Gasteiger partial charge in [-0.3, -0.25) is 4.79 Å². The van der Waals surface area contributed by atoms with Crippen LogP contribution in [0.2, 0.25) is 0 Å². The van der Waals surface area contributed by atoms with Crippen molar-refractivity contribution < 1.29 is 19.4 Å². The van der Waals surface area contributed by atoms with Crippen molar-refractivity contribution in [3.63, 3.8) is 0 Å². The topological polar surface area (TPSA) is 93.6 Å². The molecule has 0 saturated heterocycles. The summed E-state index contributed by atoms with van der Waals surface area (Å²) in [5.41, 5.74) is 1.26. The number of hydrogen-bond acceptors (Lipinski definition) is 7. The number of aromatic nitrogens is 2. The first-order valence-corrected chi connectivity index (χ1v) is 10.2. The van der Waals surface area contributed by atoms with Gasteiger partial charge in [-0.15, -0.1) is 0 Å². The van der Waals surface area contributed by atoms with Crippen LogP contribution in [-0.4, -0.2) is 47.8 Å². The molecule has 2 N–H and O–H groups in total. The van der Waals surface area contributed by atoms with Crippen molar-refractivity contribution >= 4 is 11.7 Å². The molecule has 0 unspecified atom stereocenters. The second-order valence-corrected chi connectivity index (χ2v) is 9.07. The van der Waals surface area contributed by atoms with Gasteiger partial charge in [-0.25, -0.2) is 4.98 Å². The lowest BCUT2D eigenvalue weighted by molar-refractivity contribution is -0.153. The highest BCUT2D eigenvalue weighted by molar-refractivity contribution is 5.75. The third-order valence-corrected chi connectivity index (χ3v) is 5.71. The minimum atomic E-state index is -0.492. The van der Waals surface area contributed by atoms with Crippen LogP contribution in [0.25, 0.3) is 0 Å². The van der Waals surface area contributed by atoms with Gasteiger partial charge in [0.05, 0.1) is 23.8 Å². The minimum absolute atomic E-state index is 0.00486. The summed E-state index contributed by atoms with van der Waals surface area (Å²) >= 11 is 0. The van der Waals surface area contributed by atoms with E-state index in [1.807, 2.05) is 34.6 Å². The molecule has 1 aliphatic carbocycles. The van der Waals surface area contributed by atoms with Crippen LogP contribution in [0.4, 0.5) is 5.69 Å². The van der Waals surface area contributed by atoms with Crippen molar-refractivity contribution in [3.8, 4) is 5.88 Å². The molecule has 0 radical (unpaired) electrons. The van der Waals surface area contributed by atoms with Crippen molar-refractivity contribution in [2.24, 2.45) is 17.3 Å². The number of rotatable bonds is 7. The SMILES string of the molecule is [3H]OCCC[C@H]1C[C@H](CCOC(=O)C(C)(C)C)[C@H]2Nc3c(C)nc(C)nc3O[C@@H]12. The molecule has 156 valence electrons. The number of esters is 1. The highest BCUT2D eigenvalue weighted by atomic mass is 16.5. The highest BCUT2D eigenvalue weighted by Gasteiger charge is 2.47. The van der Waals surface area contributed by atoms with Gasteiger partial charge < -0.3 is 19.9 Å². The zero-order chi connectivity index (χ0) is 21.2. The molecule has 4 atom stereocenters. The van der Waals surface area contributed by atoms with E-state index in [0.29, 0.717) is 36.8 Å². The maximum atomic E-state index is 12.1. The Labute approximate surface area is 168 Å². The zero-order valence-corrected chi connectivity index (χ0v) is 17.6. The molecule has 2 heterocycles. The summed E-state index contributed by atoms with van der Waals surface area (Å²) < 4.78 is 18.8. The Kier molecular flexibility index (Phi) is 5.71. The summed E-state index contributed by atoms with van der Waals surface area (Å²) in [5.74, 6) is 1.81.